The van der Waals surface area contributed by atoms with E-state index in [1.165, 1.54) is 31.2 Å². The first kappa shape index (κ1) is 13.4. The van der Waals surface area contributed by atoms with Crippen LogP contribution in [-0.4, -0.2) is 13.2 Å². The third-order valence-electron chi connectivity index (χ3n) is 4.18. The number of para-hydroxylation sites is 1. The fourth-order valence-electron chi connectivity index (χ4n) is 3.00. The van der Waals surface area contributed by atoms with Crippen LogP contribution in [0.15, 0.2) is 24.3 Å². The van der Waals surface area contributed by atoms with Gasteiger partial charge in [0.15, 0.2) is 0 Å². The summed E-state index contributed by atoms with van der Waals surface area (Å²) in [5.41, 5.74) is 1.26. The van der Waals surface area contributed by atoms with Crippen molar-refractivity contribution in [3.63, 3.8) is 0 Å². The summed E-state index contributed by atoms with van der Waals surface area (Å²) in [4.78, 5) is 0. The van der Waals surface area contributed by atoms with Gasteiger partial charge < -0.3 is 10.1 Å². The Hall–Kier alpha value is -1.02. The molecule has 1 saturated carbocycles. The van der Waals surface area contributed by atoms with Crippen molar-refractivity contribution in [1.82, 2.24) is 5.32 Å². The fourth-order valence-corrected chi connectivity index (χ4v) is 3.00. The maximum Gasteiger partial charge on any atom is 0.123 e. The molecule has 1 aliphatic carbocycles. The van der Waals surface area contributed by atoms with Crippen LogP contribution >= 0.6 is 0 Å². The number of ether oxygens (including phenoxy) is 1. The average molecular weight is 247 g/mol. The van der Waals surface area contributed by atoms with Crippen molar-refractivity contribution in [2.45, 2.75) is 51.6 Å². The van der Waals surface area contributed by atoms with E-state index in [0.717, 1.165) is 11.7 Å². The van der Waals surface area contributed by atoms with Gasteiger partial charge in [-0.3, -0.25) is 0 Å². The summed E-state index contributed by atoms with van der Waals surface area (Å²) in [5, 5.41) is 3.78. The third kappa shape index (κ3) is 3.05. The number of methoxy groups -OCH3 is 1. The Kier molecular flexibility index (Phi) is 4.65. The third-order valence-corrected chi connectivity index (χ3v) is 4.18. The predicted molar refractivity (Wildman–Crippen MR) is 76.0 cm³/mol. The Bertz CT molecular complexity index is 377. The lowest BCUT2D eigenvalue weighted by atomic mass is 9.85. The van der Waals surface area contributed by atoms with E-state index in [9.17, 15) is 0 Å². The molecule has 0 heterocycles. The highest BCUT2D eigenvalue weighted by Crippen LogP contribution is 2.29. The molecule has 3 unspecified atom stereocenters. The molecule has 3 atom stereocenters. The van der Waals surface area contributed by atoms with Crippen LogP contribution < -0.4 is 10.1 Å². The van der Waals surface area contributed by atoms with Crippen molar-refractivity contribution in [2.75, 3.05) is 7.11 Å². The molecule has 0 aromatic heterocycles. The summed E-state index contributed by atoms with van der Waals surface area (Å²) in [6.45, 7) is 4.60. The molecule has 0 radical (unpaired) electrons. The lowest BCUT2D eigenvalue weighted by Crippen LogP contribution is -2.38. The van der Waals surface area contributed by atoms with Gasteiger partial charge in [-0.1, -0.05) is 38.0 Å². The molecular weight excluding hydrogens is 222 g/mol. The highest BCUT2D eigenvalue weighted by Gasteiger charge is 2.23. The van der Waals surface area contributed by atoms with Gasteiger partial charge in [-0.25, -0.2) is 0 Å². The maximum atomic E-state index is 5.44. The van der Waals surface area contributed by atoms with Crippen molar-refractivity contribution < 1.29 is 4.74 Å². The number of benzene rings is 1. The number of nitrogens with one attached hydrogen (secondary N) is 1. The van der Waals surface area contributed by atoms with Gasteiger partial charge in [-0.15, -0.1) is 0 Å². The van der Waals surface area contributed by atoms with Crippen molar-refractivity contribution in [1.29, 1.82) is 0 Å². The Morgan fingerprint density at radius 3 is 2.67 bits per heavy atom. The van der Waals surface area contributed by atoms with Crippen LogP contribution in [0.1, 0.15) is 51.1 Å². The van der Waals surface area contributed by atoms with Crippen LogP contribution in [-0.2, 0) is 0 Å². The minimum atomic E-state index is 0.353. The van der Waals surface area contributed by atoms with Crippen molar-refractivity contribution in [3.05, 3.63) is 29.8 Å². The van der Waals surface area contributed by atoms with E-state index in [4.69, 9.17) is 4.74 Å². The van der Waals surface area contributed by atoms with E-state index >= 15 is 0 Å². The molecule has 2 nitrogen and oxygen atoms in total. The Balaban J connectivity index is 2.04. The summed E-state index contributed by atoms with van der Waals surface area (Å²) < 4.78 is 5.44. The Morgan fingerprint density at radius 2 is 1.94 bits per heavy atom. The number of hydrogen-bond donors (Lipinski definition) is 1. The molecule has 0 bridgehead atoms. The molecule has 1 aromatic rings. The number of rotatable bonds is 4. The molecular formula is C16H25NO. The second-order valence-electron chi connectivity index (χ2n) is 5.50. The summed E-state index contributed by atoms with van der Waals surface area (Å²) in [6.07, 6.45) is 5.42. The molecule has 0 aliphatic heterocycles. The molecule has 0 spiro atoms. The molecule has 2 heteroatoms. The van der Waals surface area contributed by atoms with Gasteiger partial charge in [-0.2, -0.15) is 0 Å². The highest BCUT2D eigenvalue weighted by molar-refractivity contribution is 5.35. The lowest BCUT2D eigenvalue weighted by molar-refractivity contribution is 0.261. The predicted octanol–water partition coefficient (Wildman–Crippen LogP) is 3.92. The summed E-state index contributed by atoms with van der Waals surface area (Å²) in [7, 11) is 1.74. The maximum absolute atomic E-state index is 5.44. The molecule has 0 amide bonds. The van der Waals surface area contributed by atoms with Gasteiger partial charge in [0.05, 0.1) is 7.11 Å². The topological polar surface area (TPSA) is 21.3 Å². The van der Waals surface area contributed by atoms with Crippen LogP contribution in [0.5, 0.6) is 5.75 Å². The van der Waals surface area contributed by atoms with Gasteiger partial charge in [0.25, 0.3) is 0 Å². The average Bonchev–Trinajstić information content (AvgIpc) is 2.41. The molecule has 2 rings (SSSR count). The van der Waals surface area contributed by atoms with E-state index < -0.39 is 0 Å². The summed E-state index contributed by atoms with van der Waals surface area (Å²) in [6, 6.07) is 9.31. The molecule has 1 N–H and O–H groups in total. The first-order chi connectivity index (χ1) is 8.72. The van der Waals surface area contributed by atoms with Gasteiger partial charge in [0, 0.05) is 17.6 Å². The molecule has 1 aromatic carbocycles. The standard InChI is InChI=1S/C16H25NO/c1-12-8-4-6-10-15(12)17-13(2)14-9-5-7-11-16(14)18-3/h5,7,9,11-13,15,17H,4,6,8,10H2,1-3H3. The first-order valence-corrected chi connectivity index (χ1v) is 7.11. The molecule has 1 aliphatic rings. The normalized spacial score (nSPS) is 25.7. The molecule has 18 heavy (non-hydrogen) atoms. The smallest absolute Gasteiger partial charge is 0.123 e. The van der Waals surface area contributed by atoms with E-state index in [0.29, 0.717) is 12.1 Å². The zero-order chi connectivity index (χ0) is 13.0. The number of hydrogen-bond acceptors (Lipinski definition) is 2. The largest absolute Gasteiger partial charge is 0.496 e. The van der Waals surface area contributed by atoms with Crippen LogP contribution in [0.2, 0.25) is 0 Å². The minimum absolute atomic E-state index is 0.353. The van der Waals surface area contributed by atoms with E-state index in [2.05, 4.69) is 31.3 Å². The molecule has 1 fully saturated rings. The van der Waals surface area contributed by atoms with Crippen LogP contribution in [0, 0.1) is 5.92 Å². The first-order valence-electron chi connectivity index (χ1n) is 7.11. The highest BCUT2D eigenvalue weighted by atomic mass is 16.5. The van der Waals surface area contributed by atoms with Gasteiger partial charge >= 0.3 is 0 Å². The van der Waals surface area contributed by atoms with Crippen LogP contribution in [0.3, 0.4) is 0 Å². The molecule has 100 valence electrons. The van der Waals surface area contributed by atoms with E-state index in [1.807, 2.05) is 12.1 Å². The second kappa shape index (κ2) is 6.24. The Labute approximate surface area is 111 Å². The fraction of sp³-hybridized carbons (Fsp3) is 0.625. The van der Waals surface area contributed by atoms with Gasteiger partial charge in [0.1, 0.15) is 5.75 Å². The van der Waals surface area contributed by atoms with E-state index in [1.54, 1.807) is 7.11 Å². The minimum Gasteiger partial charge on any atom is -0.496 e. The second-order valence-corrected chi connectivity index (χ2v) is 5.50. The van der Waals surface area contributed by atoms with E-state index in [-0.39, 0.29) is 0 Å². The summed E-state index contributed by atoms with van der Waals surface area (Å²) >= 11 is 0. The van der Waals surface area contributed by atoms with Crippen molar-refractivity contribution in [3.8, 4) is 5.75 Å². The SMILES string of the molecule is COc1ccccc1C(C)NC1CCCCC1C. The Morgan fingerprint density at radius 1 is 1.22 bits per heavy atom. The summed E-state index contributed by atoms with van der Waals surface area (Å²) in [5.74, 6) is 1.77. The monoisotopic (exact) mass is 247 g/mol. The van der Waals surface area contributed by atoms with Crippen LogP contribution in [0.25, 0.3) is 0 Å². The zero-order valence-electron chi connectivity index (χ0n) is 11.8. The van der Waals surface area contributed by atoms with Crippen LogP contribution in [0.4, 0.5) is 0 Å². The molecule has 0 saturated heterocycles. The quantitative estimate of drug-likeness (QED) is 0.870. The van der Waals surface area contributed by atoms with Crippen molar-refractivity contribution in [2.24, 2.45) is 5.92 Å². The van der Waals surface area contributed by atoms with Gasteiger partial charge in [0.2, 0.25) is 0 Å². The van der Waals surface area contributed by atoms with Crippen molar-refractivity contribution >= 4 is 0 Å². The zero-order valence-corrected chi connectivity index (χ0v) is 11.8. The van der Waals surface area contributed by atoms with Gasteiger partial charge in [-0.05, 0) is 31.7 Å². The lowest BCUT2D eigenvalue weighted by Gasteiger charge is -2.32.